The molecule has 5 heteroatoms. The van der Waals surface area contributed by atoms with Gasteiger partial charge in [-0.05, 0) is 82.8 Å². The van der Waals surface area contributed by atoms with E-state index in [0.29, 0.717) is 0 Å². The molecule has 2 aromatic rings. The molecule has 0 saturated carbocycles. The average Bonchev–Trinajstić information content (AvgIpc) is 3.16. The SMILES string of the molecule is CCC.CCC.CCc1nnc(C)c2c1CCCCCC2.CCn1nnc2c1CCCCCC2. The number of hydrogen-bond donors (Lipinski definition) is 0. The Morgan fingerprint density at radius 3 is 1.71 bits per heavy atom. The normalized spacial score (nSPS) is 15.1. The Labute approximate surface area is 210 Å². The third kappa shape index (κ3) is 10.2. The van der Waals surface area contributed by atoms with Gasteiger partial charge >= 0.3 is 0 Å². The van der Waals surface area contributed by atoms with Gasteiger partial charge in [-0.2, -0.15) is 10.2 Å². The zero-order valence-corrected chi connectivity index (χ0v) is 23.5. The molecule has 0 fully saturated rings. The van der Waals surface area contributed by atoms with Crippen LogP contribution >= 0.6 is 0 Å². The molecule has 2 aliphatic carbocycles. The van der Waals surface area contributed by atoms with Gasteiger partial charge in [-0.25, -0.2) is 4.68 Å². The van der Waals surface area contributed by atoms with Gasteiger partial charge in [0.25, 0.3) is 0 Å². The maximum absolute atomic E-state index is 4.33. The van der Waals surface area contributed by atoms with Crippen molar-refractivity contribution in [2.45, 2.75) is 151 Å². The van der Waals surface area contributed by atoms with Crippen molar-refractivity contribution in [3.8, 4) is 0 Å². The van der Waals surface area contributed by atoms with Crippen molar-refractivity contribution in [2.75, 3.05) is 0 Å². The molecule has 4 rings (SSSR count). The van der Waals surface area contributed by atoms with Crippen LogP contribution in [-0.4, -0.2) is 25.2 Å². The zero-order chi connectivity index (χ0) is 25.2. The zero-order valence-electron chi connectivity index (χ0n) is 23.5. The van der Waals surface area contributed by atoms with Crippen LogP contribution in [0.3, 0.4) is 0 Å². The van der Waals surface area contributed by atoms with Crippen molar-refractivity contribution in [1.29, 1.82) is 0 Å². The van der Waals surface area contributed by atoms with Crippen LogP contribution in [-0.2, 0) is 38.6 Å². The Kier molecular flexibility index (Phi) is 16.5. The van der Waals surface area contributed by atoms with E-state index < -0.39 is 0 Å². The lowest BCUT2D eigenvalue weighted by Crippen LogP contribution is -2.10. The van der Waals surface area contributed by atoms with E-state index in [-0.39, 0.29) is 0 Å². The molecule has 0 saturated heterocycles. The number of hydrogen-bond acceptors (Lipinski definition) is 4. The van der Waals surface area contributed by atoms with Crippen LogP contribution < -0.4 is 0 Å². The first-order valence-electron chi connectivity index (χ1n) is 14.3. The van der Waals surface area contributed by atoms with Gasteiger partial charge in [0.15, 0.2) is 0 Å². The first kappa shape index (κ1) is 30.3. The van der Waals surface area contributed by atoms with Crippen molar-refractivity contribution < 1.29 is 0 Å². The van der Waals surface area contributed by atoms with Crippen LogP contribution in [0.5, 0.6) is 0 Å². The van der Waals surface area contributed by atoms with Gasteiger partial charge in [0.2, 0.25) is 0 Å². The molecule has 0 bridgehead atoms. The predicted octanol–water partition coefficient (Wildman–Crippen LogP) is 7.80. The minimum Gasteiger partial charge on any atom is -0.249 e. The Morgan fingerprint density at radius 2 is 1.15 bits per heavy atom. The lowest BCUT2D eigenvalue weighted by atomic mass is 9.91. The second-order valence-electron chi connectivity index (χ2n) is 9.58. The molecule has 0 unspecified atom stereocenters. The Morgan fingerprint density at radius 1 is 0.618 bits per heavy atom. The number of fused-ring (bicyclic) bond motifs is 2. The van der Waals surface area contributed by atoms with Gasteiger partial charge in [0.1, 0.15) is 0 Å². The molecule has 2 aromatic heterocycles. The lowest BCUT2D eigenvalue weighted by molar-refractivity contribution is 0.564. The minimum absolute atomic E-state index is 0.961. The summed E-state index contributed by atoms with van der Waals surface area (Å²) < 4.78 is 2.06. The van der Waals surface area contributed by atoms with E-state index in [0.717, 1.165) is 25.1 Å². The van der Waals surface area contributed by atoms with Crippen molar-refractivity contribution in [3.63, 3.8) is 0 Å². The summed E-state index contributed by atoms with van der Waals surface area (Å²) in [6.07, 6.45) is 19.0. The fourth-order valence-electron chi connectivity index (χ4n) is 4.55. The second kappa shape index (κ2) is 18.5. The van der Waals surface area contributed by atoms with Crippen LogP contribution in [0.25, 0.3) is 0 Å². The third-order valence-corrected chi connectivity index (χ3v) is 6.20. The molecule has 0 amide bonds. The molecule has 0 spiro atoms. The summed E-state index contributed by atoms with van der Waals surface area (Å²) in [5.41, 5.74) is 8.05. The lowest BCUT2D eigenvalue weighted by Gasteiger charge is -2.17. The first-order chi connectivity index (χ1) is 16.6. The van der Waals surface area contributed by atoms with E-state index in [2.05, 4.69) is 73.7 Å². The molecular formula is C29H53N5. The van der Waals surface area contributed by atoms with Gasteiger partial charge in [-0.15, -0.1) is 5.10 Å². The van der Waals surface area contributed by atoms with Crippen molar-refractivity contribution in [1.82, 2.24) is 25.2 Å². The highest BCUT2D eigenvalue weighted by molar-refractivity contribution is 5.33. The highest BCUT2D eigenvalue weighted by Gasteiger charge is 2.15. The van der Waals surface area contributed by atoms with Crippen molar-refractivity contribution >= 4 is 0 Å². The topological polar surface area (TPSA) is 56.5 Å². The largest absolute Gasteiger partial charge is 0.249 e. The van der Waals surface area contributed by atoms with Crippen LogP contribution in [0.4, 0.5) is 0 Å². The number of rotatable bonds is 2. The van der Waals surface area contributed by atoms with Gasteiger partial charge in [0, 0.05) is 6.54 Å². The monoisotopic (exact) mass is 471 g/mol. The number of aromatic nitrogens is 5. The van der Waals surface area contributed by atoms with E-state index >= 15 is 0 Å². The summed E-state index contributed by atoms with van der Waals surface area (Å²) in [7, 11) is 0. The maximum atomic E-state index is 4.33. The minimum atomic E-state index is 0.961. The van der Waals surface area contributed by atoms with Crippen LogP contribution in [0.2, 0.25) is 0 Å². The van der Waals surface area contributed by atoms with Crippen molar-refractivity contribution in [2.24, 2.45) is 0 Å². The van der Waals surface area contributed by atoms with Gasteiger partial charge in [0.05, 0.1) is 22.8 Å². The Hall–Kier alpha value is -1.78. The second-order valence-corrected chi connectivity index (χ2v) is 9.58. The van der Waals surface area contributed by atoms with Crippen LogP contribution in [0.1, 0.15) is 140 Å². The summed E-state index contributed by atoms with van der Waals surface area (Å²) in [6.45, 7) is 15.9. The Balaban J connectivity index is 0.000000278. The van der Waals surface area contributed by atoms with Gasteiger partial charge in [-0.3, -0.25) is 0 Å². The van der Waals surface area contributed by atoms with Crippen molar-refractivity contribution in [3.05, 3.63) is 33.9 Å². The fraction of sp³-hybridized carbons (Fsp3) is 0.793. The molecule has 194 valence electrons. The summed E-state index contributed by atoms with van der Waals surface area (Å²) in [5, 5.41) is 17.0. The van der Waals surface area contributed by atoms with E-state index in [1.165, 1.54) is 112 Å². The quantitative estimate of drug-likeness (QED) is 0.448. The summed E-state index contributed by atoms with van der Waals surface area (Å²) in [4.78, 5) is 0. The molecular weight excluding hydrogens is 418 g/mol. The smallest absolute Gasteiger partial charge is 0.0859 e. The molecule has 0 aromatic carbocycles. The van der Waals surface area contributed by atoms with Crippen LogP contribution in [0.15, 0.2) is 0 Å². The highest BCUT2D eigenvalue weighted by Crippen LogP contribution is 2.24. The Bertz CT molecular complexity index is 779. The van der Waals surface area contributed by atoms with Gasteiger partial charge in [-0.1, -0.05) is 78.4 Å². The predicted molar refractivity (Wildman–Crippen MR) is 146 cm³/mol. The van der Waals surface area contributed by atoms with E-state index in [9.17, 15) is 0 Å². The molecule has 5 nitrogen and oxygen atoms in total. The fourth-order valence-corrected chi connectivity index (χ4v) is 4.55. The standard InChI is InChI=1S/C13H20N2.C10H17N3.2C3H8/c1-3-13-12-9-7-5-4-6-8-11(12)10(2)14-15-13;1-2-13-10-8-6-4-3-5-7-9(10)11-12-13;2*1-3-2/h3-9H2,1-2H3;2-8H2,1H3;2*3H2,1-2H3. The number of aryl methyl sites for hydroxylation is 4. The van der Waals surface area contributed by atoms with Gasteiger partial charge < -0.3 is 0 Å². The van der Waals surface area contributed by atoms with E-state index in [4.69, 9.17) is 0 Å². The summed E-state index contributed by atoms with van der Waals surface area (Å²) >= 11 is 0. The third-order valence-electron chi connectivity index (χ3n) is 6.20. The maximum Gasteiger partial charge on any atom is 0.0859 e. The van der Waals surface area contributed by atoms with Crippen LogP contribution in [0, 0.1) is 6.92 Å². The van der Waals surface area contributed by atoms with E-state index in [1.807, 2.05) is 0 Å². The summed E-state index contributed by atoms with van der Waals surface area (Å²) in [6, 6.07) is 0. The molecule has 2 aliphatic rings. The van der Waals surface area contributed by atoms with E-state index in [1.54, 1.807) is 0 Å². The highest BCUT2D eigenvalue weighted by atomic mass is 15.4. The molecule has 0 radical (unpaired) electrons. The number of nitrogens with zero attached hydrogens (tertiary/aromatic N) is 5. The molecule has 0 atom stereocenters. The molecule has 34 heavy (non-hydrogen) atoms. The molecule has 0 N–H and O–H groups in total. The average molecular weight is 472 g/mol. The summed E-state index contributed by atoms with van der Waals surface area (Å²) in [5.74, 6) is 0. The molecule has 0 aliphatic heterocycles. The first-order valence-corrected chi connectivity index (χ1v) is 14.3. The molecule has 2 heterocycles.